The molecule has 1 amide bonds. The summed E-state index contributed by atoms with van der Waals surface area (Å²) in [5.41, 5.74) is 1.95. The Balaban J connectivity index is 1.68. The van der Waals surface area contributed by atoms with Crippen LogP contribution in [0.2, 0.25) is 0 Å². The number of aromatic nitrogens is 3. The number of imidazole rings is 1. The van der Waals surface area contributed by atoms with Crippen LogP contribution in [0.3, 0.4) is 0 Å². The lowest BCUT2D eigenvalue weighted by Crippen LogP contribution is -2.23. The van der Waals surface area contributed by atoms with Gasteiger partial charge in [0.05, 0.1) is 0 Å². The fraction of sp³-hybridized carbons (Fsp3) is 0.0625. The van der Waals surface area contributed by atoms with Crippen LogP contribution in [-0.2, 0) is 6.54 Å². The molecular weight excluding hydrogens is 283 g/mol. The highest BCUT2D eigenvalue weighted by Crippen LogP contribution is 2.10. The summed E-state index contributed by atoms with van der Waals surface area (Å²) in [5, 5.41) is 2.77. The van der Waals surface area contributed by atoms with Crippen molar-refractivity contribution in [2.24, 2.45) is 0 Å². The van der Waals surface area contributed by atoms with Crippen molar-refractivity contribution >= 4 is 5.91 Å². The molecule has 0 fully saturated rings. The number of pyridine rings is 1. The number of halogens is 1. The maximum atomic E-state index is 12.9. The summed E-state index contributed by atoms with van der Waals surface area (Å²) >= 11 is 0. The molecule has 0 saturated heterocycles. The molecule has 1 aromatic carbocycles. The van der Waals surface area contributed by atoms with Gasteiger partial charge in [-0.2, -0.15) is 0 Å². The Labute approximate surface area is 126 Å². The molecule has 3 rings (SSSR count). The van der Waals surface area contributed by atoms with Gasteiger partial charge in [0.15, 0.2) is 0 Å². The highest BCUT2D eigenvalue weighted by molar-refractivity contribution is 5.92. The minimum Gasteiger partial charge on any atom is -0.347 e. The maximum Gasteiger partial charge on any atom is 0.271 e. The first kappa shape index (κ1) is 13.9. The Morgan fingerprint density at radius 1 is 1.23 bits per heavy atom. The lowest BCUT2D eigenvalue weighted by molar-refractivity contribution is 0.0946. The number of rotatable bonds is 4. The summed E-state index contributed by atoms with van der Waals surface area (Å²) in [6.45, 7) is 0.385. The normalized spacial score (nSPS) is 10.4. The second-order valence-corrected chi connectivity index (χ2v) is 4.69. The molecule has 0 atom stereocenters. The molecule has 0 aliphatic carbocycles. The first-order valence-corrected chi connectivity index (χ1v) is 6.69. The topological polar surface area (TPSA) is 59.8 Å². The van der Waals surface area contributed by atoms with Crippen molar-refractivity contribution in [2.75, 3.05) is 0 Å². The molecule has 2 aromatic heterocycles. The summed E-state index contributed by atoms with van der Waals surface area (Å²) < 4.78 is 14.6. The predicted molar refractivity (Wildman–Crippen MR) is 78.9 cm³/mol. The standard InChI is InChI=1S/C16H13FN4O/c17-13-3-5-14(6-4-13)21-10-15(20-11-21)16(22)19-9-12-2-1-7-18-8-12/h1-8,10-11H,9H2,(H,19,22). The van der Waals surface area contributed by atoms with Gasteiger partial charge in [0.2, 0.25) is 0 Å². The van der Waals surface area contributed by atoms with Gasteiger partial charge in [-0.15, -0.1) is 0 Å². The van der Waals surface area contributed by atoms with Crippen molar-refractivity contribution in [3.63, 3.8) is 0 Å². The van der Waals surface area contributed by atoms with E-state index in [2.05, 4.69) is 15.3 Å². The molecule has 0 aliphatic rings. The molecular formula is C16H13FN4O. The summed E-state index contributed by atoms with van der Waals surface area (Å²) in [7, 11) is 0. The van der Waals surface area contributed by atoms with Gasteiger partial charge in [-0.05, 0) is 35.9 Å². The van der Waals surface area contributed by atoms with Crippen LogP contribution in [0.5, 0.6) is 0 Å². The lowest BCUT2D eigenvalue weighted by atomic mass is 10.3. The number of carbonyl (C=O) groups excluding carboxylic acids is 1. The highest BCUT2D eigenvalue weighted by Gasteiger charge is 2.09. The first-order chi connectivity index (χ1) is 10.7. The average Bonchev–Trinajstić information content (AvgIpc) is 3.04. The number of carbonyl (C=O) groups is 1. The zero-order valence-corrected chi connectivity index (χ0v) is 11.6. The second-order valence-electron chi connectivity index (χ2n) is 4.69. The predicted octanol–water partition coefficient (Wildman–Crippen LogP) is 2.34. The third-order valence-electron chi connectivity index (χ3n) is 3.12. The van der Waals surface area contributed by atoms with Crippen LogP contribution < -0.4 is 5.32 Å². The van der Waals surface area contributed by atoms with E-state index >= 15 is 0 Å². The van der Waals surface area contributed by atoms with Crippen LogP contribution in [0, 0.1) is 5.82 Å². The van der Waals surface area contributed by atoms with E-state index in [4.69, 9.17) is 0 Å². The fourth-order valence-electron chi connectivity index (χ4n) is 1.97. The van der Waals surface area contributed by atoms with Crippen LogP contribution in [-0.4, -0.2) is 20.4 Å². The van der Waals surface area contributed by atoms with Gasteiger partial charge in [-0.3, -0.25) is 9.78 Å². The largest absolute Gasteiger partial charge is 0.347 e. The van der Waals surface area contributed by atoms with E-state index in [-0.39, 0.29) is 11.7 Å². The van der Waals surface area contributed by atoms with Gasteiger partial charge < -0.3 is 9.88 Å². The maximum absolute atomic E-state index is 12.9. The van der Waals surface area contributed by atoms with E-state index in [0.29, 0.717) is 12.2 Å². The Bertz CT molecular complexity index is 768. The molecule has 0 unspecified atom stereocenters. The van der Waals surface area contributed by atoms with Crippen LogP contribution in [0.4, 0.5) is 4.39 Å². The monoisotopic (exact) mass is 296 g/mol. The number of benzene rings is 1. The quantitative estimate of drug-likeness (QED) is 0.804. The molecule has 0 aliphatic heterocycles. The van der Waals surface area contributed by atoms with Gasteiger partial charge in [-0.25, -0.2) is 9.37 Å². The van der Waals surface area contributed by atoms with E-state index < -0.39 is 0 Å². The van der Waals surface area contributed by atoms with Crippen LogP contribution in [0.25, 0.3) is 5.69 Å². The van der Waals surface area contributed by atoms with Crippen LogP contribution >= 0.6 is 0 Å². The van der Waals surface area contributed by atoms with E-state index in [1.165, 1.54) is 18.5 Å². The summed E-state index contributed by atoms with van der Waals surface area (Å²) in [6, 6.07) is 9.65. The summed E-state index contributed by atoms with van der Waals surface area (Å²) in [4.78, 5) is 20.1. The van der Waals surface area contributed by atoms with Gasteiger partial charge >= 0.3 is 0 Å². The molecule has 3 aromatic rings. The molecule has 0 spiro atoms. The molecule has 0 radical (unpaired) electrons. The molecule has 6 heteroatoms. The molecule has 0 saturated carbocycles. The van der Waals surface area contributed by atoms with Crippen LogP contribution in [0.15, 0.2) is 61.3 Å². The number of amides is 1. The van der Waals surface area contributed by atoms with Gasteiger partial charge in [0, 0.05) is 30.8 Å². The van der Waals surface area contributed by atoms with E-state index in [0.717, 1.165) is 11.3 Å². The molecule has 22 heavy (non-hydrogen) atoms. The van der Waals surface area contributed by atoms with Crippen molar-refractivity contribution < 1.29 is 9.18 Å². The van der Waals surface area contributed by atoms with Crippen molar-refractivity contribution in [2.45, 2.75) is 6.54 Å². The Morgan fingerprint density at radius 3 is 2.77 bits per heavy atom. The molecule has 2 heterocycles. The van der Waals surface area contributed by atoms with E-state index in [1.807, 2.05) is 12.1 Å². The zero-order chi connectivity index (χ0) is 15.4. The molecule has 1 N–H and O–H groups in total. The van der Waals surface area contributed by atoms with Gasteiger partial charge in [0.1, 0.15) is 17.8 Å². The number of nitrogens with zero attached hydrogens (tertiary/aromatic N) is 3. The SMILES string of the molecule is O=C(NCc1cccnc1)c1cn(-c2ccc(F)cc2)cn1. The zero-order valence-electron chi connectivity index (χ0n) is 11.6. The number of nitrogens with one attached hydrogen (secondary N) is 1. The van der Waals surface area contributed by atoms with Crippen molar-refractivity contribution in [3.05, 3.63) is 78.4 Å². The van der Waals surface area contributed by atoms with Gasteiger partial charge in [0.25, 0.3) is 5.91 Å². The fourth-order valence-corrected chi connectivity index (χ4v) is 1.97. The minimum absolute atomic E-state index is 0.273. The third-order valence-corrected chi connectivity index (χ3v) is 3.12. The Morgan fingerprint density at radius 2 is 2.05 bits per heavy atom. The molecule has 5 nitrogen and oxygen atoms in total. The number of hydrogen-bond donors (Lipinski definition) is 1. The second kappa shape index (κ2) is 6.17. The van der Waals surface area contributed by atoms with E-state index in [1.54, 1.807) is 35.3 Å². The lowest BCUT2D eigenvalue weighted by Gasteiger charge is -2.03. The average molecular weight is 296 g/mol. The summed E-state index contributed by atoms with van der Waals surface area (Å²) in [5.74, 6) is -0.581. The third kappa shape index (κ3) is 3.17. The van der Waals surface area contributed by atoms with Gasteiger partial charge in [-0.1, -0.05) is 6.07 Å². The van der Waals surface area contributed by atoms with Crippen LogP contribution in [0.1, 0.15) is 16.1 Å². The van der Waals surface area contributed by atoms with E-state index in [9.17, 15) is 9.18 Å². The minimum atomic E-state index is -0.307. The van der Waals surface area contributed by atoms with Crippen molar-refractivity contribution in [1.82, 2.24) is 19.9 Å². The van der Waals surface area contributed by atoms with Crippen molar-refractivity contribution in [1.29, 1.82) is 0 Å². The highest BCUT2D eigenvalue weighted by atomic mass is 19.1. The first-order valence-electron chi connectivity index (χ1n) is 6.69. The number of hydrogen-bond acceptors (Lipinski definition) is 3. The summed E-state index contributed by atoms with van der Waals surface area (Å²) in [6.07, 6.45) is 6.49. The molecule has 0 bridgehead atoms. The smallest absolute Gasteiger partial charge is 0.271 e. The van der Waals surface area contributed by atoms with Crippen molar-refractivity contribution in [3.8, 4) is 5.69 Å². The molecule has 110 valence electrons. The Hall–Kier alpha value is -3.02. The Kier molecular flexibility index (Phi) is 3.91.